The SMILES string of the molecule is COCC1(CNS(=O)(=O)c2ccc(OC)cc2C)CCNCC1. The molecule has 7 heteroatoms. The zero-order chi connectivity index (χ0) is 16.9. The molecule has 1 aliphatic rings. The fourth-order valence-electron chi connectivity index (χ4n) is 3.01. The first-order chi connectivity index (χ1) is 10.9. The minimum atomic E-state index is -3.55. The minimum absolute atomic E-state index is 0.145. The van der Waals surface area contributed by atoms with E-state index in [0.717, 1.165) is 25.9 Å². The predicted octanol–water partition coefficient (Wildman–Crippen LogP) is 1.30. The molecule has 0 saturated carbocycles. The van der Waals surface area contributed by atoms with Crippen molar-refractivity contribution in [1.82, 2.24) is 10.0 Å². The van der Waals surface area contributed by atoms with Crippen LogP contribution in [0.5, 0.6) is 5.75 Å². The van der Waals surface area contributed by atoms with Crippen LogP contribution in [0.25, 0.3) is 0 Å². The Morgan fingerprint density at radius 1 is 1.26 bits per heavy atom. The number of methoxy groups -OCH3 is 2. The second-order valence-corrected chi connectivity index (χ2v) is 7.87. The maximum Gasteiger partial charge on any atom is 0.240 e. The van der Waals surface area contributed by atoms with E-state index in [4.69, 9.17) is 9.47 Å². The fraction of sp³-hybridized carbons (Fsp3) is 0.625. The van der Waals surface area contributed by atoms with Crippen LogP contribution >= 0.6 is 0 Å². The summed E-state index contributed by atoms with van der Waals surface area (Å²) in [5.74, 6) is 0.649. The lowest BCUT2D eigenvalue weighted by atomic mass is 9.80. The Morgan fingerprint density at radius 3 is 2.52 bits per heavy atom. The molecule has 1 aromatic rings. The lowest BCUT2D eigenvalue weighted by Gasteiger charge is -2.37. The third kappa shape index (κ3) is 4.44. The van der Waals surface area contributed by atoms with Crippen molar-refractivity contribution in [2.24, 2.45) is 5.41 Å². The summed E-state index contributed by atoms with van der Waals surface area (Å²) < 4.78 is 38.5. The average Bonchev–Trinajstić information content (AvgIpc) is 2.54. The average molecular weight is 342 g/mol. The van der Waals surface area contributed by atoms with Gasteiger partial charge in [0.2, 0.25) is 10.0 Å². The molecule has 23 heavy (non-hydrogen) atoms. The summed E-state index contributed by atoms with van der Waals surface area (Å²) in [4.78, 5) is 0.291. The van der Waals surface area contributed by atoms with Crippen molar-refractivity contribution in [1.29, 1.82) is 0 Å². The summed E-state index contributed by atoms with van der Waals surface area (Å²) in [6.45, 7) is 4.47. The van der Waals surface area contributed by atoms with Gasteiger partial charge in [-0.2, -0.15) is 0 Å². The van der Waals surface area contributed by atoms with Crippen LogP contribution in [0.4, 0.5) is 0 Å². The number of aryl methyl sites for hydroxylation is 1. The molecule has 0 atom stereocenters. The van der Waals surface area contributed by atoms with Crippen LogP contribution in [0, 0.1) is 12.3 Å². The molecule has 1 aromatic carbocycles. The van der Waals surface area contributed by atoms with Gasteiger partial charge in [0, 0.05) is 19.1 Å². The van der Waals surface area contributed by atoms with E-state index in [1.165, 1.54) is 0 Å². The summed E-state index contributed by atoms with van der Waals surface area (Å²) in [5.41, 5.74) is 0.524. The Morgan fingerprint density at radius 2 is 1.96 bits per heavy atom. The molecule has 0 amide bonds. The van der Waals surface area contributed by atoms with Gasteiger partial charge < -0.3 is 14.8 Å². The van der Waals surface area contributed by atoms with Gasteiger partial charge in [-0.3, -0.25) is 0 Å². The molecule has 1 fully saturated rings. The van der Waals surface area contributed by atoms with Gasteiger partial charge in [0.25, 0.3) is 0 Å². The Labute approximate surface area is 138 Å². The molecule has 1 aliphatic heterocycles. The zero-order valence-electron chi connectivity index (χ0n) is 14.0. The molecule has 1 saturated heterocycles. The van der Waals surface area contributed by atoms with Crippen LogP contribution in [-0.4, -0.2) is 48.9 Å². The number of ether oxygens (including phenoxy) is 2. The Bertz CT molecular complexity index is 619. The molecule has 0 aromatic heterocycles. The van der Waals surface area contributed by atoms with Gasteiger partial charge in [0.05, 0.1) is 18.6 Å². The predicted molar refractivity (Wildman–Crippen MR) is 89.3 cm³/mol. The third-order valence-electron chi connectivity index (χ3n) is 4.42. The third-order valence-corrected chi connectivity index (χ3v) is 5.99. The highest BCUT2D eigenvalue weighted by molar-refractivity contribution is 7.89. The van der Waals surface area contributed by atoms with Crippen molar-refractivity contribution in [2.45, 2.75) is 24.7 Å². The van der Waals surface area contributed by atoms with Crippen molar-refractivity contribution in [3.63, 3.8) is 0 Å². The van der Waals surface area contributed by atoms with Gasteiger partial charge in [-0.05, 0) is 56.6 Å². The topological polar surface area (TPSA) is 76.7 Å². The maximum absolute atomic E-state index is 12.6. The van der Waals surface area contributed by atoms with Crippen molar-refractivity contribution >= 4 is 10.0 Å². The van der Waals surface area contributed by atoms with Crippen LogP contribution < -0.4 is 14.8 Å². The first-order valence-corrected chi connectivity index (χ1v) is 9.25. The minimum Gasteiger partial charge on any atom is -0.497 e. The van der Waals surface area contributed by atoms with Crippen molar-refractivity contribution < 1.29 is 17.9 Å². The number of nitrogens with one attached hydrogen (secondary N) is 2. The summed E-state index contributed by atoms with van der Waals surface area (Å²) in [6.07, 6.45) is 1.79. The molecular weight excluding hydrogens is 316 g/mol. The Balaban J connectivity index is 2.14. The van der Waals surface area contributed by atoms with Crippen LogP contribution in [-0.2, 0) is 14.8 Å². The number of hydrogen-bond acceptors (Lipinski definition) is 5. The van der Waals surface area contributed by atoms with E-state index >= 15 is 0 Å². The number of piperidine rings is 1. The van der Waals surface area contributed by atoms with Gasteiger partial charge in [-0.1, -0.05) is 0 Å². The van der Waals surface area contributed by atoms with E-state index in [1.807, 2.05) is 0 Å². The fourth-order valence-corrected chi connectivity index (χ4v) is 4.39. The molecule has 2 rings (SSSR count). The largest absolute Gasteiger partial charge is 0.497 e. The summed E-state index contributed by atoms with van der Waals surface area (Å²) >= 11 is 0. The molecular formula is C16H26N2O4S. The van der Waals surface area contributed by atoms with Gasteiger partial charge in [-0.15, -0.1) is 0 Å². The second-order valence-electron chi connectivity index (χ2n) is 6.14. The highest BCUT2D eigenvalue weighted by Crippen LogP contribution is 2.29. The smallest absolute Gasteiger partial charge is 0.240 e. The first-order valence-electron chi connectivity index (χ1n) is 7.76. The lowest BCUT2D eigenvalue weighted by molar-refractivity contribution is 0.0577. The van der Waals surface area contributed by atoms with Gasteiger partial charge in [0.1, 0.15) is 5.75 Å². The van der Waals surface area contributed by atoms with Gasteiger partial charge in [0.15, 0.2) is 0 Å². The van der Waals surface area contributed by atoms with Crippen molar-refractivity contribution in [3.8, 4) is 5.75 Å². The van der Waals surface area contributed by atoms with E-state index in [2.05, 4.69) is 10.0 Å². The highest BCUT2D eigenvalue weighted by atomic mass is 32.2. The van der Waals surface area contributed by atoms with E-state index in [-0.39, 0.29) is 5.41 Å². The molecule has 0 spiro atoms. The molecule has 0 unspecified atom stereocenters. The molecule has 0 radical (unpaired) electrons. The van der Waals surface area contributed by atoms with E-state index in [0.29, 0.717) is 29.4 Å². The first kappa shape index (κ1) is 18.2. The quantitative estimate of drug-likeness (QED) is 0.781. The Hall–Kier alpha value is -1.15. The molecule has 0 bridgehead atoms. The van der Waals surface area contributed by atoms with E-state index in [1.54, 1.807) is 39.3 Å². The van der Waals surface area contributed by atoms with Crippen molar-refractivity contribution in [3.05, 3.63) is 23.8 Å². The van der Waals surface area contributed by atoms with Crippen molar-refractivity contribution in [2.75, 3.05) is 40.5 Å². The van der Waals surface area contributed by atoms with Gasteiger partial charge in [-0.25, -0.2) is 13.1 Å². The summed E-state index contributed by atoms with van der Waals surface area (Å²) in [6, 6.07) is 4.98. The highest BCUT2D eigenvalue weighted by Gasteiger charge is 2.33. The summed E-state index contributed by atoms with van der Waals surface area (Å²) in [7, 11) is -0.332. The molecule has 0 aliphatic carbocycles. The molecule has 130 valence electrons. The molecule has 6 nitrogen and oxygen atoms in total. The molecule has 1 heterocycles. The van der Waals surface area contributed by atoms with Crippen LogP contribution in [0.15, 0.2) is 23.1 Å². The lowest BCUT2D eigenvalue weighted by Crippen LogP contribution is -2.47. The van der Waals surface area contributed by atoms with E-state index in [9.17, 15) is 8.42 Å². The van der Waals surface area contributed by atoms with Gasteiger partial charge >= 0.3 is 0 Å². The number of benzene rings is 1. The standard InChI is InChI=1S/C16H26N2O4S/c1-13-10-14(22-3)4-5-15(13)23(19,20)18-11-16(12-21-2)6-8-17-9-7-16/h4-5,10,17-18H,6-9,11-12H2,1-3H3. The van der Waals surface area contributed by atoms with Crippen LogP contribution in [0.1, 0.15) is 18.4 Å². The Kier molecular flexibility index (Phi) is 6.02. The number of sulfonamides is 1. The number of rotatable bonds is 7. The monoisotopic (exact) mass is 342 g/mol. The maximum atomic E-state index is 12.6. The second kappa shape index (κ2) is 7.61. The van der Waals surface area contributed by atoms with Crippen LogP contribution in [0.2, 0.25) is 0 Å². The number of hydrogen-bond donors (Lipinski definition) is 2. The van der Waals surface area contributed by atoms with Crippen LogP contribution in [0.3, 0.4) is 0 Å². The normalized spacial score (nSPS) is 17.9. The molecule has 2 N–H and O–H groups in total. The van der Waals surface area contributed by atoms with E-state index < -0.39 is 10.0 Å². The summed E-state index contributed by atoms with van der Waals surface area (Å²) in [5, 5.41) is 3.30. The zero-order valence-corrected chi connectivity index (χ0v) is 14.8.